The van der Waals surface area contributed by atoms with Gasteiger partial charge < -0.3 is 9.47 Å². The quantitative estimate of drug-likeness (QED) is 0.615. The van der Waals surface area contributed by atoms with Crippen LogP contribution in [0.1, 0.15) is 5.01 Å². The molecule has 0 amide bonds. The molecule has 10 heavy (non-hydrogen) atoms. The van der Waals surface area contributed by atoms with Crippen LogP contribution in [0.2, 0.25) is 0 Å². The zero-order valence-corrected chi connectivity index (χ0v) is 5.93. The first kappa shape index (κ1) is 5.73. The monoisotopic (exact) mass is 155 g/mol. The van der Waals surface area contributed by atoms with Crippen LogP contribution >= 0.6 is 11.3 Å². The van der Waals surface area contributed by atoms with Crippen LogP contribution in [-0.4, -0.2) is 11.8 Å². The van der Waals surface area contributed by atoms with Crippen molar-refractivity contribution in [2.45, 2.75) is 0 Å². The average molecular weight is 155 g/mol. The first-order chi connectivity index (χ1) is 4.97. The number of aromatic nitrogens is 1. The molecule has 0 saturated carbocycles. The van der Waals surface area contributed by atoms with Gasteiger partial charge in [-0.3, -0.25) is 0 Å². The van der Waals surface area contributed by atoms with Crippen molar-refractivity contribution in [3.05, 3.63) is 22.8 Å². The molecule has 0 unspecified atom stereocenters. The molecule has 0 saturated heterocycles. The molecule has 0 atom stereocenters. The lowest BCUT2D eigenvalue weighted by Gasteiger charge is -1.92. The van der Waals surface area contributed by atoms with E-state index in [-0.39, 0.29) is 0 Å². The maximum atomic E-state index is 5.08. The van der Waals surface area contributed by atoms with Gasteiger partial charge in [0.05, 0.1) is 0 Å². The Morgan fingerprint density at radius 3 is 3.20 bits per heavy atom. The predicted molar refractivity (Wildman–Crippen MR) is 37.1 cm³/mol. The van der Waals surface area contributed by atoms with Crippen LogP contribution in [-0.2, 0) is 9.47 Å². The second kappa shape index (κ2) is 2.30. The molecular weight excluding hydrogens is 150 g/mol. The maximum absolute atomic E-state index is 5.08. The van der Waals surface area contributed by atoms with Crippen LogP contribution in [0, 0.1) is 0 Å². The van der Waals surface area contributed by atoms with E-state index in [1.165, 1.54) is 11.3 Å². The summed E-state index contributed by atoms with van der Waals surface area (Å²) >= 11 is 1.54. The van der Waals surface area contributed by atoms with Crippen LogP contribution in [0.4, 0.5) is 0 Å². The summed E-state index contributed by atoms with van der Waals surface area (Å²) in [6.45, 7) is 0.314. The molecule has 2 heterocycles. The van der Waals surface area contributed by atoms with Crippen molar-refractivity contribution >= 4 is 17.1 Å². The summed E-state index contributed by atoms with van der Waals surface area (Å²) in [5.74, 6) is 0.731. The highest BCUT2D eigenvalue weighted by Gasteiger charge is 2.10. The number of hydrogen-bond acceptors (Lipinski definition) is 4. The summed E-state index contributed by atoms with van der Waals surface area (Å²) in [5, 5.41) is 2.77. The van der Waals surface area contributed by atoms with Gasteiger partial charge in [0.15, 0.2) is 10.8 Å². The largest absolute Gasteiger partial charge is 0.461 e. The van der Waals surface area contributed by atoms with Gasteiger partial charge in [-0.05, 0) is 0 Å². The van der Waals surface area contributed by atoms with Gasteiger partial charge in [-0.15, -0.1) is 11.3 Å². The van der Waals surface area contributed by atoms with Gasteiger partial charge in [0.2, 0.25) is 6.79 Å². The average Bonchev–Trinajstić information content (AvgIpc) is 2.59. The molecule has 52 valence electrons. The predicted octanol–water partition coefficient (Wildman–Crippen LogP) is 1.45. The molecule has 0 fully saturated rings. The summed E-state index contributed by atoms with van der Waals surface area (Å²) in [6, 6.07) is 0. The normalized spacial score (nSPS) is 15.8. The number of ether oxygens (including phenoxy) is 2. The first-order valence-corrected chi connectivity index (χ1v) is 3.69. The smallest absolute Gasteiger partial charge is 0.230 e. The SMILES string of the molecule is C1=C(c2nccs2)OCO1. The summed E-state index contributed by atoms with van der Waals surface area (Å²) in [5.41, 5.74) is 0. The van der Waals surface area contributed by atoms with Crippen LogP contribution in [0.15, 0.2) is 17.8 Å². The van der Waals surface area contributed by atoms with E-state index in [1.807, 2.05) is 5.38 Å². The Morgan fingerprint density at radius 1 is 1.60 bits per heavy atom. The lowest BCUT2D eigenvalue weighted by molar-refractivity contribution is 0.100. The zero-order chi connectivity index (χ0) is 6.81. The van der Waals surface area contributed by atoms with Crippen molar-refractivity contribution < 1.29 is 9.47 Å². The third-order valence-electron chi connectivity index (χ3n) is 1.12. The van der Waals surface area contributed by atoms with Crippen molar-refractivity contribution in [1.82, 2.24) is 4.98 Å². The van der Waals surface area contributed by atoms with E-state index in [4.69, 9.17) is 9.47 Å². The van der Waals surface area contributed by atoms with Gasteiger partial charge in [-0.25, -0.2) is 4.98 Å². The lowest BCUT2D eigenvalue weighted by atomic mass is 10.6. The molecule has 0 spiro atoms. The Labute approximate surface area is 61.9 Å². The van der Waals surface area contributed by atoms with E-state index < -0.39 is 0 Å². The van der Waals surface area contributed by atoms with E-state index in [0.29, 0.717) is 6.79 Å². The van der Waals surface area contributed by atoms with Gasteiger partial charge in [-0.1, -0.05) is 0 Å². The van der Waals surface area contributed by atoms with E-state index in [9.17, 15) is 0 Å². The Balaban J connectivity index is 2.28. The Bertz CT molecular complexity index is 242. The lowest BCUT2D eigenvalue weighted by Crippen LogP contribution is -1.83. The van der Waals surface area contributed by atoms with Gasteiger partial charge in [0.1, 0.15) is 6.26 Å². The topological polar surface area (TPSA) is 31.4 Å². The van der Waals surface area contributed by atoms with Gasteiger partial charge >= 0.3 is 0 Å². The Hall–Kier alpha value is -1.03. The number of rotatable bonds is 1. The van der Waals surface area contributed by atoms with E-state index in [1.54, 1.807) is 12.5 Å². The van der Waals surface area contributed by atoms with Crippen LogP contribution in [0.25, 0.3) is 5.76 Å². The molecule has 1 aliphatic heterocycles. The summed E-state index contributed by atoms with van der Waals surface area (Å²) in [4.78, 5) is 4.04. The highest BCUT2D eigenvalue weighted by molar-refractivity contribution is 7.10. The maximum Gasteiger partial charge on any atom is 0.230 e. The van der Waals surface area contributed by atoms with Gasteiger partial charge in [0, 0.05) is 11.6 Å². The molecule has 0 N–H and O–H groups in total. The first-order valence-electron chi connectivity index (χ1n) is 2.81. The minimum atomic E-state index is 0.314. The zero-order valence-electron chi connectivity index (χ0n) is 5.11. The van der Waals surface area contributed by atoms with Crippen molar-refractivity contribution in [3.63, 3.8) is 0 Å². The fraction of sp³-hybridized carbons (Fsp3) is 0.167. The van der Waals surface area contributed by atoms with E-state index in [0.717, 1.165) is 10.8 Å². The molecule has 0 bridgehead atoms. The van der Waals surface area contributed by atoms with Crippen LogP contribution in [0.5, 0.6) is 0 Å². The number of nitrogens with zero attached hydrogens (tertiary/aromatic N) is 1. The van der Waals surface area contributed by atoms with Crippen molar-refractivity contribution in [3.8, 4) is 0 Å². The molecule has 1 aliphatic rings. The van der Waals surface area contributed by atoms with Gasteiger partial charge in [0.25, 0.3) is 0 Å². The molecular formula is C6H5NO2S. The van der Waals surface area contributed by atoms with Crippen LogP contribution in [0.3, 0.4) is 0 Å². The molecule has 0 aromatic carbocycles. The fourth-order valence-electron chi connectivity index (χ4n) is 0.699. The molecule has 2 rings (SSSR count). The second-order valence-corrected chi connectivity index (χ2v) is 2.64. The van der Waals surface area contributed by atoms with Crippen molar-refractivity contribution in [1.29, 1.82) is 0 Å². The third kappa shape index (κ3) is 0.863. The Kier molecular flexibility index (Phi) is 1.32. The molecule has 4 heteroatoms. The molecule has 0 radical (unpaired) electrons. The van der Waals surface area contributed by atoms with Crippen molar-refractivity contribution in [2.24, 2.45) is 0 Å². The summed E-state index contributed by atoms with van der Waals surface area (Å²) < 4.78 is 9.95. The highest BCUT2D eigenvalue weighted by atomic mass is 32.1. The molecule has 0 aliphatic carbocycles. The summed E-state index contributed by atoms with van der Waals surface area (Å²) in [6.07, 6.45) is 3.32. The Morgan fingerprint density at radius 2 is 2.60 bits per heavy atom. The number of thiazole rings is 1. The number of hydrogen-bond donors (Lipinski definition) is 0. The molecule has 3 nitrogen and oxygen atoms in total. The van der Waals surface area contributed by atoms with Crippen LogP contribution < -0.4 is 0 Å². The molecule has 1 aromatic rings. The minimum absolute atomic E-state index is 0.314. The van der Waals surface area contributed by atoms with Gasteiger partial charge in [-0.2, -0.15) is 0 Å². The third-order valence-corrected chi connectivity index (χ3v) is 1.90. The summed E-state index contributed by atoms with van der Waals surface area (Å²) in [7, 11) is 0. The van der Waals surface area contributed by atoms with Crippen molar-refractivity contribution in [2.75, 3.05) is 6.79 Å². The minimum Gasteiger partial charge on any atom is -0.461 e. The fourth-order valence-corrected chi connectivity index (χ4v) is 1.29. The standard InChI is InChI=1S/C6H5NO2S/c1-2-10-6(7-1)5-3-8-4-9-5/h1-3H,4H2. The molecule has 1 aromatic heterocycles. The van der Waals surface area contributed by atoms with E-state index >= 15 is 0 Å². The van der Waals surface area contributed by atoms with E-state index in [2.05, 4.69) is 4.98 Å². The second-order valence-electron chi connectivity index (χ2n) is 1.75. The highest BCUT2D eigenvalue weighted by Crippen LogP contribution is 2.21.